The molecule has 0 radical (unpaired) electrons. The number of halogens is 3. The fourth-order valence-corrected chi connectivity index (χ4v) is 3.79. The van der Waals surface area contributed by atoms with E-state index in [1.165, 1.54) is 11.0 Å². The Kier molecular flexibility index (Phi) is 5.73. The Hall–Kier alpha value is -2.07. The topological polar surface area (TPSA) is 69.7 Å². The van der Waals surface area contributed by atoms with Crippen molar-refractivity contribution >= 4 is 16.1 Å². The summed E-state index contributed by atoms with van der Waals surface area (Å²) in [5, 5.41) is 2.60. The van der Waals surface area contributed by atoms with Crippen molar-refractivity contribution in [2.24, 2.45) is 0 Å². The van der Waals surface area contributed by atoms with Crippen LogP contribution in [0.1, 0.15) is 5.56 Å². The summed E-state index contributed by atoms with van der Waals surface area (Å²) in [7, 11) is -3.90. The number of nitrogens with one attached hydrogen (secondary N) is 1. The number of nitrogens with zero attached hydrogens (tertiary/aromatic N) is 2. The molecular weight excluding hydrogens is 359 g/mol. The van der Waals surface area contributed by atoms with Crippen LogP contribution in [-0.2, 0) is 16.2 Å². The van der Waals surface area contributed by atoms with E-state index in [0.29, 0.717) is 6.54 Å². The van der Waals surface area contributed by atoms with Gasteiger partial charge < -0.3 is 10.2 Å². The zero-order valence-corrected chi connectivity index (χ0v) is 14.1. The molecule has 1 aromatic carbocycles. The van der Waals surface area contributed by atoms with Gasteiger partial charge in [0.25, 0.3) is 0 Å². The third-order valence-electron chi connectivity index (χ3n) is 3.74. The second-order valence-electron chi connectivity index (χ2n) is 5.39. The molecule has 1 N–H and O–H groups in total. The van der Waals surface area contributed by atoms with Crippen LogP contribution in [0.4, 0.5) is 18.0 Å². The van der Waals surface area contributed by atoms with Crippen LogP contribution in [0.3, 0.4) is 0 Å². The highest BCUT2D eigenvalue weighted by atomic mass is 32.2. The van der Waals surface area contributed by atoms with E-state index in [1.54, 1.807) is 0 Å². The summed E-state index contributed by atoms with van der Waals surface area (Å²) in [6.45, 7) is 4.34. The van der Waals surface area contributed by atoms with Crippen LogP contribution in [0.25, 0.3) is 0 Å². The molecule has 0 aromatic heterocycles. The minimum absolute atomic E-state index is 0.0743. The number of urea groups is 1. The van der Waals surface area contributed by atoms with E-state index in [9.17, 15) is 26.4 Å². The quantitative estimate of drug-likeness (QED) is 0.815. The van der Waals surface area contributed by atoms with Crippen molar-refractivity contribution in [1.82, 2.24) is 14.5 Å². The molecule has 2 rings (SSSR count). The number of sulfonamides is 1. The van der Waals surface area contributed by atoms with Gasteiger partial charge in [0.2, 0.25) is 10.0 Å². The van der Waals surface area contributed by atoms with Crippen molar-refractivity contribution < 1.29 is 26.4 Å². The van der Waals surface area contributed by atoms with Crippen LogP contribution in [0.2, 0.25) is 0 Å². The average Bonchev–Trinajstić information content (AvgIpc) is 2.59. The van der Waals surface area contributed by atoms with Crippen LogP contribution in [0.15, 0.2) is 41.8 Å². The SMILES string of the molecule is C=CCNC(=O)N1CCN(S(=O)(=O)c2ccc(C(F)(F)F)cc2)CC1. The van der Waals surface area contributed by atoms with Gasteiger partial charge in [-0.1, -0.05) is 6.08 Å². The van der Waals surface area contributed by atoms with Crippen molar-refractivity contribution in [2.45, 2.75) is 11.1 Å². The summed E-state index contributed by atoms with van der Waals surface area (Å²) in [5.41, 5.74) is -0.907. The summed E-state index contributed by atoms with van der Waals surface area (Å²) in [4.78, 5) is 13.1. The van der Waals surface area contributed by atoms with Crippen LogP contribution in [0.5, 0.6) is 0 Å². The van der Waals surface area contributed by atoms with Gasteiger partial charge in [-0.2, -0.15) is 17.5 Å². The van der Waals surface area contributed by atoms with E-state index in [0.717, 1.165) is 28.6 Å². The standard InChI is InChI=1S/C15H18F3N3O3S/c1-2-7-19-14(22)20-8-10-21(11-9-20)25(23,24)13-5-3-12(4-6-13)15(16,17)18/h2-6H,1,7-11H2,(H,19,22). The van der Waals surface area contributed by atoms with Gasteiger partial charge in [-0.25, -0.2) is 13.2 Å². The predicted octanol–water partition coefficient (Wildman–Crippen LogP) is 1.91. The molecule has 25 heavy (non-hydrogen) atoms. The molecule has 1 aliphatic rings. The Morgan fingerprint density at radius 2 is 1.72 bits per heavy atom. The van der Waals surface area contributed by atoms with Crippen LogP contribution in [0, 0.1) is 0 Å². The highest BCUT2D eigenvalue weighted by Gasteiger charge is 2.33. The van der Waals surface area contributed by atoms with Crippen molar-refractivity contribution in [3.8, 4) is 0 Å². The van der Waals surface area contributed by atoms with Crippen LogP contribution in [-0.4, -0.2) is 56.4 Å². The second kappa shape index (κ2) is 7.44. The minimum Gasteiger partial charge on any atom is -0.335 e. The Labute approximate surface area is 144 Å². The van der Waals surface area contributed by atoms with Gasteiger partial charge >= 0.3 is 12.2 Å². The van der Waals surface area contributed by atoms with Gasteiger partial charge in [0.05, 0.1) is 10.5 Å². The van der Waals surface area contributed by atoms with Gasteiger partial charge in [0, 0.05) is 32.7 Å². The number of hydrogen-bond donors (Lipinski definition) is 1. The number of benzene rings is 1. The monoisotopic (exact) mass is 377 g/mol. The first-order chi connectivity index (χ1) is 11.7. The Morgan fingerprint density at radius 3 is 2.20 bits per heavy atom. The first-order valence-corrected chi connectivity index (χ1v) is 8.91. The number of carbonyl (C=O) groups is 1. The fourth-order valence-electron chi connectivity index (χ4n) is 2.37. The van der Waals surface area contributed by atoms with E-state index in [1.807, 2.05) is 0 Å². The van der Waals surface area contributed by atoms with Crippen LogP contribution >= 0.6 is 0 Å². The van der Waals surface area contributed by atoms with E-state index < -0.39 is 21.8 Å². The Bertz CT molecular complexity index is 725. The van der Waals surface area contributed by atoms with E-state index >= 15 is 0 Å². The summed E-state index contributed by atoms with van der Waals surface area (Å²) in [5.74, 6) is 0. The fraction of sp³-hybridized carbons (Fsp3) is 0.400. The lowest BCUT2D eigenvalue weighted by molar-refractivity contribution is -0.137. The van der Waals surface area contributed by atoms with Gasteiger partial charge in [0.15, 0.2) is 0 Å². The summed E-state index contributed by atoms with van der Waals surface area (Å²) in [6.07, 6.45) is -2.99. The first kappa shape index (κ1) is 19.3. The molecule has 2 amide bonds. The molecule has 0 atom stereocenters. The molecule has 138 valence electrons. The maximum Gasteiger partial charge on any atom is 0.416 e. The zero-order chi connectivity index (χ0) is 18.7. The molecule has 1 aromatic rings. The third-order valence-corrected chi connectivity index (χ3v) is 5.66. The Balaban J connectivity index is 2.04. The van der Waals surface area contributed by atoms with Gasteiger partial charge in [-0.15, -0.1) is 6.58 Å². The molecule has 0 spiro atoms. The van der Waals surface area contributed by atoms with Gasteiger partial charge in [-0.05, 0) is 24.3 Å². The lowest BCUT2D eigenvalue weighted by Crippen LogP contribution is -2.53. The smallest absolute Gasteiger partial charge is 0.335 e. The maximum atomic E-state index is 12.6. The average molecular weight is 377 g/mol. The number of rotatable bonds is 4. The molecule has 1 aliphatic heterocycles. The van der Waals surface area contributed by atoms with E-state index in [4.69, 9.17) is 0 Å². The number of amides is 2. The molecule has 1 heterocycles. The molecule has 0 bridgehead atoms. The molecule has 1 fully saturated rings. The molecule has 0 aliphatic carbocycles. The molecule has 6 nitrogen and oxygen atoms in total. The minimum atomic E-state index is -4.52. The predicted molar refractivity (Wildman–Crippen MR) is 85.4 cm³/mol. The summed E-state index contributed by atoms with van der Waals surface area (Å²) in [6, 6.07) is 3.06. The first-order valence-electron chi connectivity index (χ1n) is 7.47. The van der Waals surface area contributed by atoms with Crippen LogP contribution < -0.4 is 5.32 Å². The molecule has 0 saturated carbocycles. The Morgan fingerprint density at radius 1 is 1.16 bits per heavy atom. The van der Waals surface area contributed by atoms with Gasteiger partial charge in [-0.3, -0.25) is 0 Å². The number of carbonyl (C=O) groups excluding carboxylic acids is 1. The largest absolute Gasteiger partial charge is 0.416 e. The normalized spacial score (nSPS) is 16.5. The number of hydrogen-bond acceptors (Lipinski definition) is 3. The van der Waals surface area contributed by atoms with Crippen molar-refractivity contribution in [2.75, 3.05) is 32.7 Å². The van der Waals surface area contributed by atoms with Gasteiger partial charge in [0.1, 0.15) is 0 Å². The molecule has 1 saturated heterocycles. The van der Waals surface area contributed by atoms with E-state index in [-0.39, 0.29) is 37.1 Å². The number of piperazine rings is 1. The second-order valence-corrected chi connectivity index (χ2v) is 7.33. The van der Waals surface area contributed by atoms with E-state index in [2.05, 4.69) is 11.9 Å². The molecular formula is C15H18F3N3O3S. The lowest BCUT2D eigenvalue weighted by atomic mass is 10.2. The van der Waals surface area contributed by atoms with Crippen molar-refractivity contribution in [1.29, 1.82) is 0 Å². The molecule has 0 unspecified atom stereocenters. The lowest BCUT2D eigenvalue weighted by Gasteiger charge is -2.33. The highest BCUT2D eigenvalue weighted by molar-refractivity contribution is 7.89. The summed E-state index contributed by atoms with van der Waals surface area (Å²) < 4.78 is 63.9. The summed E-state index contributed by atoms with van der Waals surface area (Å²) >= 11 is 0. The number of alkyl halides is 3. The maximum absolute atomic E-state index is 12.6. The van der Waals surface area contributed by atoms with Crippen molar-refractivity contribution in [3.63, 3.8) is 0 Å². The highest BCUT2D eigenvalue weighted by Crippen LogP contribution is 2.30. The molecule has 10 heteroatoms. The third kappa shape index (κ3) is 4.51. The van der Waals surface area contributed by atoms with Crippen molar-refractivity contribution in [3.05, 3.63) is 42.5 Å². The zero-order valence-electron chi connectivity index (χ0n) is 13.3.